The number of alkyl carbamates (subject to hydrolysis) is 1. The van der Waals surface area contributed by atoms with E-state index in [1.807, 2.05) is 6.92 Å². The molecule has 1 aliphatic carbocycles. The Hall–Kier alpha value is -1.51. The third-order valence-corrected chi connectivity index (χ3v) is 3.34. The van der Waals surface area contributed by atoms with Crippen molar-refractivity contribution in [3.63, 3.8) is 0 Å². The van der Waals surface area contributed by atoms with Crippen molar-refractivity contribution >= 4 is 6.09 Å². The number of ether oxygens (including phenoxy) is 1. The normalized spacial score (nSPS) is 17.1. The summed E-state index contributed by atoms with van der Waals surface area (Å²) >= 11 is 0. The van der Waals surface area contributed by atoms with Crippen LogP contribution in [0.15, 0.2) is 35.6 Å². The van der Waals surface area contributed by atoms with Crippen molar-refractivity contribution in [1.82, 2.24) is 5.32 Å². The lowest BCUT2D eigenvalue weighted by molar-refractivity contribution is 0.122. The number of allylic oxidation sites excluding steroid dienone is 2. The molecule has 0 aromatic rings. The summed E-state index contributed by atoms with van der Waals surface area (Å²) in [6, 6.07) is 0. The number of nitrogens with one attached hydrogen (secondary N) is 1. The van der Waals surface area contributed by atoms with Crippen LogP contribution in [-0.2, 0) is 4.74 Å². The fourth-order valence-electron chi connectivity index (χ4n) is 2.12. The maximum absolute atomic E-state index is 11.7. The van der Waals surface area contributed by atoms with E-state index in [4.69, 9.17) is 4.74 Å². The van der Waals surface area contributed by atoms with E-state index < -0.39 is 6.09 Å². The monoisotopic (exact) mass is 249 g/mol. The minimum absolute atomic E-state index is 0.164. The first-order valence-electron chi connectivity index (χ1n) is 6.42. The van der Waals surface area contributed by atoms with Crippen LogP contribution in [-0.4, -0.2) is 12.2 Å². The predicted molar refractivity (Wildman–Crippen MR) is 74.2 cm³/mol. The molecule has 1 N–H and O–H groups in total. The average molecular weight is 249 g/mol. The summed E-state index contributed by atoms with van der Waals surface area (Å²) in [6.45, 7) is 13.3. The Bertz CT molecular complexity index is 393. The number of carbonyl (C=O) groups excluding carboxylic acids is 1. The highest BCUT2D eigenvalue weighted by Crippen LogP contribution is 2.27. The van der Waals surface area contributed by atoms with Crippen LogP contribution in [0, 0.1) is 0 Å². The van der Waals surface area contributed by atoms with Crippen LogP contribution in [0.3, 0.4) is 0 Å². The van der Waals surface area contributed by atoms with Crippen molar-refractivity contribution in [3.8, 4) is 0 Å². The fraction of sp³-hybridized carbons (Fsp3) is 0.533. The van der Waals surface area contributed by atoms with Gasteiger partial charge in [0.1, 0.15) is 6.10 Å². The molecule has 100 valence electrons. The van der Waals surface area contributed by atoms with Crippen LogP contribution < -0.4 is 5.32 Å². The fourth-order valence-corrected chi connectivity index (χ4v) is 2.12. The first kappa shape index (κ1) is 14.6. The van der Waals surface area contributed by atoms with Crippen LogP contribution in [0.25, 0.3) is 0 Å². The molecule has 1 aliphatic rings. The summed E-state index contributed by atoms with van der Waals surface area (Å²) in [7, 11) is 0. The summed E-state index contributed by atoms with van der Waals surface area (Å²) in [4.78, 5) is 11.7. The smallest absolute Gasteiger partial charge is 0.412 e. The highest BCUT2D eigenvalue weighted by Gasteiger charge is 2.19. The topological polar surface area (TPSA) is 38.3 Å². The number of rotatable bonds is 4. The number of hydrogen-bond acceptors (Lipinski definition) is 2. The van der Waals surface area contributed by atoms with Crippen LogP contribution >= 0.6 is 0 Å². The van der Waals surface area contributed by atoms with E-state index in [1.54, 1.807) is 6.92 Å². The van der Waals surface area contributed by atoms with Crippen molar-refractivity contribution < 1.29 is 9.53 Å². The van der Waals surface area contributed by atoms with Crippen LogP contribution in [0.5, 0.6) is 0 Å². The highest BCUT2D eigenvalue weighted by atomic mass is 16.6. The zero-order chi connectivity index (χ0) is 13.7. The van der Waals surface area contributed by atoms with Gasteiger partial charge < -0.3 is 4.74 Å². The van der Waals surface area contributed by atoms with Gasteiger partial charge in [0.2, 0.25) is 0 Å². The van der Waals surface area contributed by atoms with Gasteiger partial charge in [0.05, 0.1) is 0 Å². The van der Waals surface area contributed by atoms with Gasteiger partial charge in [-0.2, -0.15) is 0 Å². The minimum atomic E-state index is -0.457. The zero-order valence-corrected chi connectivity index (χ0v) is 11.6. The molecule has 3 heteroatoms. The summed E-state index contributed by atoms with van der Waals surface area (Å²) in [5, 5.41) is 2.59. The molecule has 3 nitrogen and oxygen atoms in total. The van der Waals surface area contributed by atoms with E-state index in [9.17, 15) is 4.79 Å². The molecule has 1 unspecified atom stereocenters. The molecule has 1 rings (SSSR count). The van der Waals surface area contributed by atoms with Crippen molar-refractivity contribution in [2.24, 2.45) is 0 Å². The van der Waals surface area contributed by atoms with E-state index in [2.05, 4.69) is 25.4 Å². The molecular weight excluding hydrogens is 226 g/mol. The lowest BCUT2D eigenvalue weighted by atomic mass is 9.90. The Labute approximate surface area is 110 Å². The summed E-state index contributed by atoms with van der Waals surface area (Å²) < 4.78 is 5.37. The third kappa shape index (κ3) is 4.06. The second kappa shape index (κ2) is 6.43. The molecule has 0 heterocycles. The van der Waals surface area contributed by atoms with Gasteiger partial charge in [-0.05, 0) is 57.6 Å². The highest BCUT2D eigenvalue weighted by molar-refractivity contribution is 5.71. The van der Waals surface area contributed by atoms with E-state index in [0.717, 1.165) is 18.4 Å². The molecular formula is C15H23NO2. The minimum Gasteiger partial charge on any atom is -0.442 e. The second-order valence-corrected chi connectivity index (χ2v) is 4.94. The molecule has 0 saturated heterocycles. The van der Waals surface area contributed by atoms with Gasteiger partial charge in [-0.25, -0.2) is 4.79 Å². The number of amides is 1. The molecule has 0 spiro atoms. The molecule has 0 radical (unpaired) electrons. The summed E-state index contributed by atoms with van der Waals surface area (Å²) in [5.41, 5.74) is 3.85. The molecule has 0 fully saturated rings. The molecule has 0 aromatic carbocycles. The largest absolute Gasteiger partial charge is 0.442 e. The Kier molecular flexibility index (Phi) is 5.20. The van der Waals surface area contributed by atoms with Gasteiger partial charge in [-0.15, -0.1) is 0 Å². The Morgan fingerprint density at radius 2 is 1.94 bits per heavy atom. The predicted octanol–water partition coefficient (Wildman–Crippen LogP) is 4.08. The van der Waals surface area contributed by atoms with E-state index >= 15 is 0 Å². The van der Waals surface area contributed by atoms with E-state index in [0.29, 0.717) is 5.70 Å². The SMILES string of the molecule is C=C(C)C(=C)NC(=O)OC(C)C1=C(C)CCCC1. The first-order valence-corrected chi connectivity index (χ1v) is 6.42. The van der Waals surface area contributed by atoms with Gasteiger partial charge in [0.25, 0.3) is 0 Å². The van der Waals surface area contributed by atoms with Crippen molar-refractivity contribution in [3.05, 3.63) is 35.6 Å². The molecule has 0 bridgehead atoms. The van der Waals surface area contributed by atoms with Crippen LogP contribution in [0.4, 0.5) is 4.79 Å². The Morgan fingerprint density at radius 3 is 2.50 bits per heavy atom. The van der Waals surface area contributed by atoms with Gasteiger partial charge in [-0.3, -0.25) is 5.32 Å². The van der Waals surface area contributed by atoms with Gasteiger partial charge in [0, 0.05) is 5.70 Å². The molecule has 0 aromatic heterocycles. The van der Waals surface area contributed by atoms with Gasteiger partial charge >= 0.3 is 6.09 Å². The molecule has 1 amide bonds. The van der Waals surface area contributed by atoms with Crippen molar-refractivity contribution in [2.75, 3.05) is 0 Å². The summed E-state index contributed by atoms with van der Waals surface area (Å²) in [5.74, 6) is 0. The van der Waals surface area contributed by atoms with E-state index in [1.165, 1.54) is 24.0 Å². The quantitative estimate of drug-likeness (QED) is 0.602. The van der Waals surface area contributed by atoms with Gasteiger partial charge in [-0.1, -0.05) is 18.7 Å². The maximum atomic E-state index is 11.7. The lowest BCUT2D eigenvalue weighted by Crippen LogP contribution is -2.28. The van der Waals surface area contributed by atoms with Gasteiger partial charge in [0.15, 0.2) is 0 Å². The number of carbonyl (C=O) groups is 1. The molecule has 0 saturated carbocycles. The first-order chi connectivity index (χ1) is 8.41. The average Bonchev–Trinajstić information content (AvgIpc) is 2.28. The maximum Gasteiger partial charge on any atom is 0.412 e. The van der Waals surface area contributed by atoms with Crippen LogP contribution in [0.2, 0.25) is 0 Å². The molecule has 1 atom stereocenters. The van der Waals surface area contributed by atoms with Crippen LogP contribution in [0.1, 0.15) is 46.5 Å². The van der Waals surface area contributed by atoms with Crippen molar-refractivity contribution in [2.45, 2.75) is 52.6 Å². The zero-order valence-electron chi connectivity index (χ0n) is 11.6. The second-order valence-electron chi connectivity index (χ2n) is 4.94. The third-order valence-electron chi connectivity index (χ3n) is 3.34. The lowest BCUT2D eigenvalue weighted by Gasteiger charge is -2.23. The van der Waals surface area contributed by atoms with E-state index in [-0.39, 0.29) is 6.10 Å². The molecule has 18 heavy (non-hydrogen) atoms. The Morgan fingerprint density at radius 1 is 1.33 bits per heavy atom. The Balaban J connectivity index is 2.54. The molecule has 0 aliphatic heterocycles. The standard InChI is InChI=1S/C15H23NO2/c1-10(2)12(4)16-15(17)18-13(5)14-9-7-6-8-11(14)3/h13H,1,4,6-9H2,2-3,5H3,(H,16,17). The summed E-state index contributed by atoms with van der Waals surface area (Å²) in [6.07, 6.45) is 3.94. The number of hydrogen-bond donors (Lipinski definition) is 1. The van der Waals surface area contributed by atoms with Crippen molar-refractivity contribution in [1.29, 1.82) is 0 Å².